The molecule has 1 rings (SSSR count). The van der Waals surface area contributed by atoms with Gasteiger partial charge in [-0.25, -0.2) is 4.79 Å². The smallest absolute Gasteiger partial charge is 0.407 e. The second-order valence-electron chi connectivity index (χ2n) is 3.64. The fraction of sp³-hybridized carbons (Fsp3) is 0.875. The van der Waals surface area contributed by atoms with E-state index >= 15 is 0 Å². The molecule has 0 aliphatic carbocycles. The van der Waals surface area contributed by atoms with Gasteiger partial charge in [-0.3, -0.25) is 0 Å². The van der Waals surface area contributed by atoms with Crippen molar-refractivity contribution in [3.8, 4) is 0 Å². The van der Waals surface area contributed by atoms with Gasteiger partial charge in [-0.05, 0) is 12.3 Å². The summed E-state index contributed by atoms with van der Waals surface area (Å²) < 4.78 is 0. The van der Waals surface area contributed by atoms with Crippen molar-refractivity contribution in [2.24, 2.45) is 5.92 Å². The average molecular weight is 173 g/mol. The van der Waals surface area contributed by atoms with Gasteiger partial charge in [-0.15, -0.1) is 0 Å². The van der Waals surface area contributed by atoms with Crippen LogP contribution < -0.4 is 0 Å². The van der Waals surface area contributed by atoms with Crippen LogP contribution in [-0.4, -0.2) is 39.9 Å². The molecule has 1 amide bonds. The highest BCUT2D eigenvalue weighted by atomic mass is 16.4. The Morgan fingerprint density at radius 3 is 2.50 bits per heavy atom. The van der Waals surface area contributed by atoms with Crippen molar-refractivity contribution in [3.63, 3.8) is 0 Å². The molecule has 0 aromatic heterocycles. The van der Waals surface area contributed by atoms with Gasteiger partial charge in [0.2, 0.25) is 0 Å². The molecular formula is C8H15NO3. The summed E-state index contributed by atoms with van der Waals surface area (Å²) in [4.78, 5) is 12.0. The predicted molar refractivity (Wildman–Crippen MR) is 44.0 cm³/mol. The van der Waals surface area contributed by atoms with Gasteiger partial charge >= 0.3 is 6.09 Å². The van der Waals surface area contributed by atoms with Gasteiger partial charge in [-0.2, -0.15) is 0 Å². The Balaban J connectivity index is 2.65. The molecule has 1 aliphatic heterocycles. The third-order valence-corrected chi connectivity index (χ3v) is 2.34. The van der Waals surface area contributed by atoms with Crippen molar-refractivity contribution >= 4 is 6.09 Å². The maximum absolute atomic E-state index is 10.7. The first-order valence-electron chi connectivity index (χ1n) is 4.20. The number of carbonyl (C=O) groups is 1. The maximum Gasteiger partial charge on any atom is 0.407 e. The van der Waals surface area contributed by atoms with Crippen LogP contribution in [0.5, 0.6) is 0 Å². The van der Waals surface area contributed by atoms with Gasteiger partial charge < -0.3 is 15.1 Å². The van der Waals surface area contributed by atoms with Crippen molar-refractivity contribution in [1.29, 1.82) is 0 Å². The van der Waals surface area contributed by atoms with E-state index in [1.807, 2.05) is 13.8 Å². The lowest BCUT2D eigenvalue weighted by Gasteiger charge is -2.23. The lowest BCUT2D eigenvalue weighted by Crippen LogP contribution is -2.37. The zero-order valence-corrected chi connectivity index (χ0v) is 7.40. The van der Waals surface area contributed by atoms with Crippen LogP contribution in [-0.2, 0) is 0 Å². The molecule has 0 radical (unpaired) electrons. The molecule has 0 aromatic carbocycles. The van der Waals surface area contributed by atoms with E-state index in [-0.39, 0.29) is 18.5 Å². The number of aliphatic hydroxyl groups excluding tert-OH is 1. The summed E-state index contributed by atoms with van der Waals surface area (Å²) in [5.41, 5.74) is 0. The van der Waals surface area contributed by atoms with Crippen LogP contribution in [0.1, 0.15) is 20.3 Å². The number of amides is 1. The molecule has 0 aromatic rings. The minimum Gasteiger partial charge on any atom is -0.465 e. The third kappa shape index (κ3) is 1.69. The fourth-order valence-corrected chi connectivity index (χ4v) is 1.69. The maximum atomic E-state index is 10.7. The molecule has 1 aliphatic rings. The molecule has 4 heteroatoms. The number of aliphatic hydroxyl groups is 1. The highest BCUT2D eigenvalue weighted by Crippen LogP contribution is 2.23. The first-order valence-corrected chi connectivity index (χ1v) is 4.20. The van der Waals surface area contributed by atoms with E-state index in [2.05, 4.69) is 0 Å². The molecule has 1 fully saturated rings. The predicted octanol–water partition coefficient (Wildman–Crippen LogP) is 0.756. The number of likely N-dealkylation sites (tertiary alicyclic amines) is 1. The molecule has 1 unspecified atom stereocenters. The van der Waals surface area contributed by atoms with Crippen LogP contribution in [0.2, 0.25) is 0 Å². The van der Waals surface area contributed by atoms with Crippen LogP contribution in [0, 0.1) is 5.92 Å². The van der Waals surface area contributed by atoms with Gasteiger partial charge in [0.15, 0.2) is 0 Å². The second kappa shape index (κ2) is 3.31. The highest BCUT2D eigenvalue weighted by Gasteiger charge is 2.35. The van der Waals surface area contributed by atoms with Crippen LogP contribution in [0.3, 0.4) is 0 Å². The summed E-state index contributed by atoms with van der Waals surface area (Å²) in [6.45, 7) is 4.20. The topological polar surface area (TPSA) is 60.8 Å². The zero-order valence-electron chi connectivity index (χ0n) is 7.40. The van der Waals surface area contributed by atoms with Gasteiger partial charge in [0, 0.05) is 6.04 Å². The number of hydrogen-bond acceptors (Lipinski definition) is 2. The van der Waals surface area contributed by atoms with E-state index in [4.69, 9.17) is 5.11 Å². The molecule has 2 N–H and O–H groups in total. The van der Waals surface area contributed by atoms with Gasteiger partial charge in [0.25, 0.3) is 0 Å². The summed E-state index contributed by atoms with van der Waals surface area (Å²) >= 11 is 0. The van der Waals surface area contributed by atoms with E-state index in [0.717, 1.165) is 0 Å². The van der Waals surface area contributed by atoms with E-state index in [9.17, 15) is 9.90 Å². The zero-order chi connectivity index (χ0) is 9.30. The summed E-state index contributed by atoms with van der Waals surface area (Å²) in [7, 11) is 0. The van der Waals surface area contributed by atoms with E-state index in [1.165, 1.54) is 4.90 Å². The lowest BCUT2D eigenvalue weighted by molar-refractivity contribution is 0.124. The largest absolute Gasteiger partial charge is 0.465 e. The lowest BCUT2D eigenvalue weighted by atomic mass is 10.0. The Kier molecular flexibility index (Phi) is 2.57. The van der Waals surface area contributed by atoms with Gasteiger partial charge in [0.05, 0.1) is 12.6 Å². The Morgan fingerprint density at radius 2 is 2.17 bits per heavy atom. The first kappa shape index (κ1) is 9.32. The Bertz CT molecular complexity index is 181. The number of carboxylic acid groups (broad SMARTS) is 1. The Labute approximate surface area is 71.8 Å². The molecule has 12 heavy (non-hydrogen) atoms. The summed E-state index contributed by atoms with van der Waals surface area (Å²) in [6.07, 6.45) is -0.831. The Hall–Kier alpha value is -0.770. The van der Waals surface area contributed by atoms with Crippen molar-refractivity contribution in [3.05, 3.63) is 0 Å². The van der Waals surface area contributed by atoms with Crippen LogP contribution in [0.15, 0.2) is 0 Å². The van der Waals surface area contributed by atoms with Gasteiger partial charge in [-0.1, -0.05) is 13.8 Å². The van der Waals surface area contributed by atoms with Crippen molar-refractivity contribution in [2.45, 2.75) is 32.4 Å². The van der Waals surface area contributed by atoms with Crippen LogP contribution in [0.25, 0.3) is 0 Å². The number of rotatable bonds is 1. The standard InChI is InChI=1S/C8H15NO3/c1-5(2)7-3-6(10)4-9(7)8(11)12/h5-7,10H,3-4H2,1-2H3,(H,11,12)/t6-,7?/m0/s1. The van der Waals surface area contributed by atoms with Crippen LogP contribution >= 0.6 is 0 Å². The van der Waals surface area contributed by atoms with Crippen molar-refractivity contribution in [1.82, 2.24) is 4.90 Å². The molecule has 4 nitrogen and oxygen atoms in total. The first-order chi connectivity index (χ1) is 5.52. The molecule has 1 heterocycles. The summed E-state index contributed by atoms with van der Waals surface area (Å²) in [6, 6.07) is -0.0162. The molecule has 70 valence electrons. The third-order valence-electron chi connectivity index (χ3n) is 2.34. The normalized spacial score (nSPS) is 29.8. The van der Waals surface area contributed by atoms with Crippen molar-refractivity contribution < 1.29 is 15.0 Å². The average Bonchev–Trinajstić information content (AvgIpc) is 2.31. The second-order valence-corrected chi connectivity index (χ2v) is 3.64. The number of nitrogens with zero attached hydrogens (tertiary/aromatic N) is 1. The quantitative estimate of drug-likeness (QED) is 0.615. The van der Waals surface area contributed by atoms with E-state index in [1.54, 1.807) is 0 Å². The minimum absolute atomic E-state index is 0.0162. The molecule has 0 spiro atoms. The molecule has 0 bridgehead atoms. The Morgan fingerprint density at radius 1 is 1.58 bits per heavy atom. The molecular weight excluding hydrogens is 158 g/mol. The van der Waals surface area contributed by atoms with Crippen molar-refractivity contribution in [2.75, 3.05) is 6.54 Å². The number of hydrogen-bond donors (Lipinski definition) is 2. The molecule has 0 saturated carbocycles. The SMILES string of the molecule is CC(C)C1C[C@H](O)CN1C(=O)O. The monoisotopic (exact) mass is 173 g/mol. The van der Waals surface area contributed by atoms with Gasteiger partial charge in [0.1, 0.15) is 0 Å². The molecule has 2 atom stereocenters. The highest BCUT2D eigenvalue weighted by molar-refractivity contribution is 5.66. The molecule has 1 saturated heterocycles. The van der Waals surface area contributed by atoms with Crippen LogP contribution in [0.4, 0.5) is 4.79 Å². The fourth-order valence-electron chi connectivity index (χ4n) is 1.69. The minimum atomic E-state index is -0.926. The number of β-amino-alcohol motifs (C(OH)–C–C–N with tert-alkyl or cyclic N) is 1. The summed E-state index contributed by atoms with van der Waals surface area (Å²) in [5.74, 6) is 0.276. The van der Waals surface area contributed by atoms with E-state index in [0.29, 0.717) is 6.42 Å². The summed E-state index contributed by atoms with van der Waals surface area (Å²) in [5, 5.41) is 18.0. The van der Waals surface area contributed by atoms with E-state index < -0.39 is 12.2 Å².